The molecule has 0 aromatic heterocycles. The summed E-state index contributed by atoms with van der Waals surface area (Å²) in [4.78, 5) is 16.3. The molecular formula is C20H29N3O3S. The molecule has 1 aromatic carbocycles. The number of thiocarbonyl (C=S) groups is 1. The summed E-state index contributed by atoms with van der Waals surface area (Å²) >= 11 is 5.62. The van der Waals surface area contributed by atoms with Crippen LogP contribution >= 0.6 is 12.2 Å². The van der Waals surface area contributed by atoms with Gasteiger partial charge in [-0.15, -0.1) is 0 Å². The van der Waals surface area contributed by atoms with Gasteiger partial charge in [0.2, 0.25) is 0 Å². The summed E-state index contributed by atoms with van der Waals surface area (Å²) in [5.41, 5.74) is 0.884. The fraction of sp³-hybridized carbons (Fsp3) is 0.600. The minimum atomic E-state index is -0.168. The van der Waals surface area contributed by atoms with Crippen molar-refractivity contribution in [2.45, 2.75) is 45.7 Å². The van der Waals surface area contributed by atoms with E-state index < -0.39 is 0 Å². The number of para-hydroxylation sites is 2. The van der Waals surface area contributed by atoms with Gasteiger partial charge in [0, 0.05) is 19.1 Å². The van der Waals surface area contributed by atoms with E-state index in [2.05, 4.69) is 24.1 Å². The van der Waals surface area contributed by atoms with Crippen LogP contribution in [0.4, 0.5) is 10.5 Å². The van der Waals surface area contributed by atoms with Crippen LogP contribution in [0.15, 0.2) is 24.3 Å². The standard InChI is InChI=1S/C20H29N3O3S/c1-4-25-18-8-6-5-7-16(18)21-19(27)22-11-9-15(10-12-22)23-17(14(2)3)13-26-20(23)24/h5-8,14-15,17H,4,9-13H2,1-3H3,(H,21,27). The lowest BCUT2D eigenvalue weighted by atomic mass is 9.98. The fourth-order valence-corrected chi connectivity index (χ4v) is 4.07. The van der Waals surface area contributed by atoms with Crippen LogP contribution in [0.3, 0.4) is 0 Å². The molecule has 1 N–H and O–H groups in total. The van der Waals surface area contributed by atoms with Crippen LogP contribution in [0, 0.1) is 5.92 Å². The first-order valence-electron chi connectivity index (χ1n) is 9.74. The number of amides is 1. The van der Waals surface area contributed by atoms with Crippen LogP contribution in [0.2, 0.25) is 0 Å². The van der Waals surface area contributed by atoms with Gasteiger partial charge in [0.05, 0.1) is 18.3 Å². The van der Waals surface area contributed by atoms with Gasteiger partial charge in [0.15, 0.2) is 5.11 Å². The summed E-state index contributed by atoms with van der Waals surface area (Å²) in [6, 6.07) is 8.22. The molecule has 0 aliphatic carbocycles. The number of nitrogens with zero attached hydrogens (tertiary/aromatic N) is 2. The van der Waals surface area contributed by atoms with Crippen molar-refractivity contribution in [1.82, 2.24) is 9.80 Å². The molecule has 1 atom stereocenters. The molecule has 1 amide bonds. The van der Waals surface area contributed by atoms with E-state index in [9.17, 15) is 4.79 Å². The SMILES string of the molecule is CCOc1ccccc1NC(=S)N1CCC(N2C(=O)OCC2C(C)C)CC1. The Kier molecular flexibility index (Phi) is 6.42. The molecule has 7 heteroatoms. The fourth-order valence-electron chi connectivity index (χ4n) is 3.77. The van der Waals surface area contributed by atoms with Crippen LogP contribution in [-0.2, 0) is 4.74 Å². The molecule has 1 unspecified atom stereocenters. The Bertz CT molecular complexity index is 674. The van der Waals surface area contributed by atoms with Gasteiger partial charge in [-0.2, -0.15) is 0 Å². The topological polar surface area (TPSA) is 54.0 Å². The Morgan fingerprint density at radius 2 is 2.04 bits per heavy atom. The summed E-state index contributed by atoms with van der Waals surface area (Å²) in [5, 5.41) is 4.01. The van der Waals surface area contributed by atoms with Crippen molar-refractivity contribution in [3.8, 4) is 5.75 Å². The van der Waals surface area contributed by atoms with Gasteiger partial charge in [-0.05, 0) is 50.0 Å². The smallest absolute Gasteiger partial charge is 0.410 e. The molecule has 2 aliphatic heterocycles. The number of nitrogens with one attached hydrogen (secondary N) is 1. The van der Waals surface area contributed by atoms with Crippen molar-refractivity contribution in [3.05, 3.63) is 24.3 Å². The Balaban J connectivity index is 1.58. The van der Waals surface area contributed by atoms with Crippen molar-refractivity contribution in [2.75, 3.05) is 31.6 Å². The second kappa shape index (κ2) is 8.78. The van der Waals surface area contributed by atoms with Crippen LogP contribution in [0.5, 0.6) is 5.75 Å². The third-order valence-electron chi connectivity index (χ3n) is 5.29. The number of ether oxygens (including phenoxy) is 2. The predicted octanol–water partition coefficient (Wildman–Crippen LogP) is 3.72. The number of carbonyl (C=O) groups excluding carboxylic acids is 1. The second-order valence-electron chi connectivity index (χ2n) is 7.37. The Morgan fingerprint density at radius 1 is 1.33 bits per heavy atom. The van der Waals surface area contributed by atoms with Gasteiger partial charge in [0.1, 0.15) is 12.4 Å². The molecule has 2 heterocycles. The molecule has 2 fully saturated rings. The van der Waals surface area contributed by atoms with Crippen LogP contribution in [0.1, 0.15) is 33.6 Å². The number of carbonyl (C=O) groups is 1. The van der Waals surface area contributed by atoms with Crippen molar-refractivity contribution >= 4 is 29.1 Å². The second-order valence-corrected chi connectivity index (χ2v) is 7.76. The van der Waals surface area contributed by atoms with Gasteiger partial charge >= 0.3 is 6.09 Å². The largest absolute Gasteiger partial charge is 0.492 e. The van der Waals surface area contributed by atoms with E-state index in [1.807, 2.05) is 36.1 Å². The molecule has 148 valence electrons. The van der Waals surface area contributed by atoms with E-state index in [1.54, 1.807) is 0 Å². The minimum absolute atomic E-state index is 0.168. The molecular weight excluding hydrogens is 362 g/mol. The van der Waals surface area contributed by atoms with E-state index in [0.29, 0.717) is 24.2 Å². The lowest BCUT2D eigenvalue weighted by molar-refractivity contribution is 0.115. The highest BCUT2D eigenvalue weighted by Crippen LogP contribution is 2.28. The zero-order chi connectivity index (χ0) is 19.4. The minimum Gasteiger partial charge on any atom is -0.492 e. The van der Waals surface area contributed by atoms with Gasteiger partial charge in [0.25, 0.3) is 0 Å². The number of piperidine rings is 1. The van der Waals surface area contributed by atoms with Crippen LogP contribution in [-0.4, -0.2) is 59.4 Å². The maximum absolute atomic E-state index is 12.2. The van der Waals surface area contributed by atoms with Crippen molar-refractivity contribution in [2.24, 2.45) is 5.92 Å². The van der Waals surface area contributed by atoms with Crippen molar-refractivity contribution in [1.29, 1.82) is 0 Å². The molecule has 0 radical (unpaired) electrons. The quantitative estimate of drug-likeness (QED) is 0.772. The molecule has 0 spiro atoms. The molecule has 2 saturated heterocycles. The number of anilines is 1. The van der Waals surface area contributed by atoms with Crippen LogP contribution < -0.4 is 10.1 Å². The molecule has 3 rings (SSSR count). The summed E-state index contributed by atoms with van der Waals surface area (Å²) in [6.07, 6.45) is 1.62. The highest BCUT2D eigenvalue weighted by Gasteiger charge is 2.40. The summed E-state index contributed by atoms with van der Waals surface area (Å²) < 4.78 is 11.0. The summed E-state index contributed by atoms with van der Waals surface area (Å²) in [6.45, 7) is 9.01. The zero-order valence-electron chi connectivity index (χ0n) is 16.3. The van der Waals surface area contributed by atoms with Crippen molar-refractivity contribution in [3.63, 3.8) is 0 Å². The van der Waals surface area contributed by atoms with Crippen LogP contribution in [0.25, 0.3) is 0 Å². The lowest BCUT2D eigenvalue weighted by Gasteiger charge is -2.39. The third-order valence-corrected chi connectivity index (χ3v) is 5.65. The molecule has 2 aliphatic rings. The first kappa shape index (κ1) is 19.7. The van der Waals surface area contributed by atoms with E-state index in [0.717, 1.165) is 37.4 Å². The average molecular weight is 392 g/mol. The summed E-state index contributed by atoms with van der Waals surface area (Å²) in [7, 11) is 0. The van der Waals surface area contributed by atoms with Gasteiger partial charge in [-0.3, -0.25) is 4.90 Å². The number of rotatable bonds is 5. The number of hydrogen-bond acceptors (Lipinski definition) is 4. The van der Waals surface area contributed by atoms with Gasteiger partial charge in [-0.1, -0.05) is 26.0 Å². The van der Waals surface area contributed by atoms with Crippen molar-refractivity contribution < 1.29 is 14.3 Å². The Labute approximate surface area is 166 Å². The maximum atomic E-state index is 12.2. The third kappa shape index (κ3) is 4.46. The Hall–Kier alpha value is -2.02. The molecule has 0 bridgehead atoms. The highest BCUT2D eigenvalue weighted by molar-refractivity contribution is 7.80. The molecule has 1 aromatic rings. The van der Waals surface area contributed by atoms with E-state index >= 15 is 0 Å². The first-order chi connectivity index (χ1) is 13.0. The molecule has 6 nitrogen and oxygen atoms in total. The number of likely N-dealkylation sites (tertiary alicyclic amines) is 1. The number of benzene rings is 1. The predicted molar refractivity (Wildman–Crippen MR) is 110 cm³/mol. The van der Waals surface area contributed by atoms with E-state index in [-0.39, 0.29) is 18.2 Å². The highest BCUT2D eigenvalue weighted by atomic mass is 32.1. The van der Waals surface area contributed by atoms with E-state index in [4.69, 9.17) is 21.7 Å². The number of cyclic esters (lactones) is 1. The Morgan fingerprint density at radius 3 is 2.70 bits per heavy atom. The molecule has 0 saturated carbocycles. The first-order valence-corrected chi connectivity index (χ1v) is 10.1. The number of hydrogen-bond donors (Lipinski definition) is 1. The average Bonchev–Trinajstić information content (AvgIpc) is 3.05. The molecule has 27 heavy (non-hydrogen) atoms. The zero-order valence-corrected chi connectivity index (χ0v) is 17.1. The maximum Gasteiger partial charge on any atom is 0.410 e. The summed E-state index contributed by atoms with van der Waals surface area (Å²) in [5.74, 6) is 1.20. The van der Waals surface area contributed by atoms with Gasteiger partial charge in [-0.25, -0.2) is 4.79 Å². The van der Waals surface area contributed by atoms with E-state index in [1.165, 1.54) is 0 Å². The van der Waals surface area contributed by atoms with Gasteiger partial charge < -0.3 is 19.7 Å². The monoisotopic (exact) mass is 391 g/mol. The normalized spacial score (nSPS) is 20.7. The lowest BCUT2D eigenvalue weighted by Crippen LogP contribution is -2.51.